The molecule has 0 unspecified atom stereocenters. The molecule has 12 rings (SSSR count). The number of carbonyl (C=O) groups excluding carboxylic acids is 7. The van der Waals surface area contributed by atoms with Crippen LogP contribution < -0.4 is 29.5 Å². The second kappa shape index (κ2) is 32.0. The zero-order valence-electron chi connectivity index (χ0n) is 59.2. The summed E-state index contributed by atoms with van der Waals surface area (Å²) in [5.41, 5.74) is 3.92. The minimum absolute atomic E-state index is 0. The number of fused-ring (bicyclic) bond motifs is 6. The summed E-state index contributed by atoms with van der Waals surface area (Å²) in [5, 5.41) is 17.1. The normalized spacial score (nSPS) is 27.5. The summed E-state index contributed by atoms with van der Waals surface area (Å²) in [6.45, 7) is 15.4. The maximum atomic E-state index is 14.6. The number of benzene rings is 4. The first-order valence-corrected chi connectivity index (χ1v) is 35.3. The Labute approximate surface area is 598 Å². The van der Waals surface area contributed by atoms with E-state index < -0.39 is 65.4 Å². The number of carbonyl (C=O) groups is 8. The van der Waals surface area contributed by atoms with Gasteiger partial charge in [-0.05, 0) is 140 Å². The van der Waals surface area contributed by atoms with Gasteiger partial charge < -0.3 is 45.2 Å². The number of Topliss-reactive ketones (excluding diaryl/α,β-unsaturated/α-hetero) is 2. The van der Waals surface area contributed by atoms with Crippen LogP contribution in [0.4, 0.5) is 29.7 Å². The Bertz CT molecular complexity index is 3760. The summed E-state index contributed by atoms with van der Waals surface area (Å²) in [4.78, 5) is 116. The van der Waals surface area contributed by atoms with Crippen molar-refractivity contribution in [3.63, 3.8) is 0 Å². The third-order valence-electron chi connectivity index (χ3n) is 21.3. The number of rotatable bonds is 9. The number of ether oxygens (including phenoxy) is 3. The van der Waals surface area contributed by atoms with Crippen molar-refractivity contribution in [2.75, 3.05) is 30.3 Å². The molecule has 4 aromatic rings. The largest absolute Gasteiger partial charge is 1.00 e. The van der Waals surface area contributed by atoms with Gasteiger partial charge in [-0.15, -0.1) is 0 Å². The summed E-state index contributed by atoms with van der Waals surface area (Å²) in [5.74, 6) is -3.54. The Morgan fingerprint density at radius 3 is 1.42 bits per heavy atom. The van der Waals surface area contributed by atoms with Crippen LogP contribution in [-0.4, -0.2) is 134 Å². The van der Waals surface area contributed by atoms with Crippen LogP contribution in [0.1, 0.15) is 185 Å². The number of esters is 1. The van der Waals surface area contributed by atoms with Gasteiger partial charge in [0.1, 0.15) is 35.9 Å². The van der Waals surface area contributed by atoms with Crippen LogP contribution in [0.15, 0.2) is 109 Å². The molecule has 100 heavy (non-hydrogen) atoms. The monoisotopic (exact) mass is 1370 g/mol. The molecule has 4 amide bonds. The minimum atomic E-state index is -1.19. The number of allylic oxidation sites excluding steroid dienone is 4. The van der Waals surface area contributed by atoms with Crippen LogP contribution in [0.25, 0.3) is 0 Å². The number of nitrogens with zero attached hydrogens (tertiary/aromatic N) is 4. The number of amides is 4. The molecular weight excluding hydrogens is 1270 g/mol. The van der Waals surface area contributed by atoms with E-state index in [9.17, 15) is 52.2 Å². The van der Waals surface area contributed by atoms with Gasteiger partial charge in [0.25, 0.3) is 0 Å². The zero-order valence-corrected chi connectivity index (χ0v) is 59.2. The Morgan fingerprint density at radius 1 is 0.580 bits per heavy atom. The fourth-order valence-electron chi connectivity index (χ4n) is 15.2. The molecule has 0 spiro atoms. The second-order valence-electron chi connectivity index (χ2n) is 30.4. The van der Waals surface area contributed by atoms with Crippen molar-refractivity contribution < 1.29 is 90.8 Å². The van der Waals surface area contributed by atoms with Crippen LogP contribution in [0.5, 0.6) is 0 Å². The Balaban J connectivity index is 0.000000229. The minimum Gasteiger partial charge on any atom is -0.870 e. The Morgan fingerprint density at radius 2 is 1.00 bits per heavy atom. The van der Waals surface area contributed by atoms with Crippen molar-refractivity contribution >= 4 is 58.9 Å². The summed E-state index contributed by atoms with van der Waals surface area (Å²) in [6, 6.07) is 22.5. The summed E-state index contributed by atoms with van der Waals surface area (Å²) < 4.78 is 46.1. The van der Waals surface area contributed by atoms with E-state index in [2.05, 4.69) is 82.5 Å². The van der Waals surface area contributed by atoms with Crippen molar-refractivity contribution in [1.82, 2.24) is 19.6 Å². The van der Waals surface area contributed by atoms with Gasteiger partial charge in [-0.1, -0.05) is 140 Å². The van der Waals surface area contributed by atoms with E-state index >= 15 is 0 Å². The summed E-state index contributed by atoms with van der Waals surface area (Å²) in [7, 11) is 0. The maximum Gasteiger partial charge on any atom is 1.00 e. The first-order valence-electron chi connectivity index (χ1n) is 35.3. The van der Waals surface area contributed by atoms with E-state index in [4.69, 9.17) is 14.2 Å². The predicted octanol–water partition coefficient (Wildman–Crippen LogP) is 10.5. The average Bonchev–Trinajstić information content (AvgIpc) is 1.59. The van der Waals surface area contributed by atoms with Crippen molar-refractivity contribution in [2.24, 2.45) is 22.7 Å². The molecular formula is C78H97F2LiN6O13. The fraction of sp³-hybridized carbons (Fsp3) is 0.538. The van der Waals surface area contributed by atoms with Gasteiger partial charge in [0.05, 0.1) is 55.7 Å². The smallest absolute Gasteiger partial charge is 0.870 e. The van der Waals surface area contributed by atoms with Gasteiger partial charge in [-0.25, -0.2) is 18.4 Å². The predicted molar refractivity (Wildman–Crippen MR) is 368 cm³/mol. The second-order valence-corrected chi connectivity index (χ2v) is 30.4. The third kappa shape index (κ3) is 17.4. The SMILES string of the molecule is CC(C)(C)c1cccc(N[C@H]2CCCCC/C=C\[C@@H]3C[C@@]3(C(=O)O)CC(=O)[C@@H]3C[C@@H](OC(=O)N4Cc5cccc(F)c5C4)CN3C2=O)c1.CCOC(=O)[C@]12CC(=O)[C@@H]3C[C@@H](OC(=O)N4Cc5cccc(F)c5C4)CN3C(=O)[C@@H](Nc3cccc(C(C)(C)C)c3)CCCCC/C=C\[C@@H]1C2.[Li+].[OH-]. The molecule has 2 saturated heterocycles. The van der Waals surface area contributed by atoms with Crippen LogP contribution >= 0.6 is 0 Å². The first kappa shape index (κ1) is 76.3. The number of carboxylic acids is 1. The van der Waals surface area contributed by atoms with Gasteiger partial charge in [-0.2, -0.15) is 0 Å². The Kier molecular flexibility index (Phi) is 24.4. The average molecular weight is 1370 g/mol. The Hall–Kier alpha value is -7.86. The maximum absolute atomic E-state index is 14.6. The molecule has 6 heterocycles. The van der Waals surface area contributed by atoms with E-state index in [0.29, 0.717) is 42.4 Å². The molecule has 19 nitrogen and oxygen atoms in total. The van der Waals surface area contributed by atoms with E-state index in [-0.39, 0.29) is 160 Å². The molecule has 6 aliphatic heterocycles. The number of hydrogen-bond acceptors (Lipinski definition) is 14. The number of ketones is 2. The van der Waals surface area contributed by atoms with E-state index in [1.54, 1.807) is 36.1 Å². The van der Waals surface area contributed by atoms with Gasteiger partial charge >= 0.3 is 43.0 Å². The molecule has 10 atom stereocenters. The molecule has 2 saturated carbocycles. The van der Waals surface area contributed by atoms with Crippen molar-refractivity contribution in [3.8, 4) is 0 Å². The molecule has 4 N–H and O–H groups in total. The fourth-order valence-corrected chi connectivity index (χ4v) is 15.2. The van der Waals surface area contributed by atoms with Crippen molar-refractivity contribution in [1.29, 1.82) is 0 Å². The summed E-state index contributed by atoms with van der Waals surface area (Å²) in [6.07, 6.45) is 14.3. The number of carboxylic acid groups (broad SMARTS) is 1. The molecule has 4 fully saturated rings. The molecule has 532 valence electrons. The number of nitrogens with one attached hydrogen (secondary N) is 2. The molecule has 4 aromatic carbocycles. The number of aliphatic carboxylic acids is 1. The van der Waals surface area contributed by atoms with Gasteiger partial charge in [0.15, 0.2) is 11.6 Å². The first-order chi connectivity index (χ1) is 46.7. The molecule has 2 aliphatic carbocycles. The molecule has 22 heteroatoms. The van der Waals surface area contributed by atoms with Gasteiger partial charge in [0, 0.05) is 61.3 Å². The molecule has 0 aromatic heterocycles. The zero-order chi connectivity index (χ0) is 69.8. The van der Waals surface area contributed by atoms with E-state index in [1.165, 1.54) is 26.8 Å². The number of hydrogen-bond donors (Lipinski definition) is 3. The molecule has 0 radical (unpaired) electrons. The molecule has 8 aliphatic rings. The van der Waals surface area contributed by atoms with Crippen LogP contribution in [0.2, 0.25) is 0 Å². The van der Waals surface area contributed by atoms with Crippen molar-refractivity contribution in [3.05, 3.63) is 154 Å². The van der Waals surface area contributed by atoms with Crippen LogP contribution in [0.3, 0.4) is 0 Å². The number of halogens is 2. The van der Waals surface area contributed by atoms with Crippen LogP contribution in [-0.2, 0) is 80.0 Å². The van der Waals surface area contributed by atoms with Crippen LogP contribution in [0, 0.1) is 34.3 Å². The number of anilines is 2. The summed E-state index contributed by atoms with van der Waals surface area (Å²) >= 11 is 0. The van der Waals surface area contributed by atoms with Crippen molar-refractivity contribution in [2.45, 2.75) is 225 Å². The van der Waals surface area contributed by atoms with E-state index in [0.717, 1.165) is 79.4 Å². The third-order valence-corrected chi connectivity index (χ3v) is 21.3. The molecule has 0 bridgehead atoms. The quantitative estimate of drug-likeness (QED) is 0.0610. The van der Waals surface area contributed by atoms with Gasteiger partial charge in [-0.3, -0.25) is 38.6 Å². The topological polar surface area (TPSA) is 252 Å². The van der Waals surface area contributed by atoms with E-state index in [1.807, 2.05) is 42.5 Å². The standard InChI is InChI=1S/C40H50FN3O6.C38H46FN3O6.Li.H2O/c1-5-49-37(47)40-21-28(40)14-9-7-6-8-10-18-33(42-29-16-12-15-27(19-29)39(2,3)4)36(46)44-24-30(20-34(44)35(45)22-40)50-38(48)43-23-26-13-11-17-32(41)31(26)25-43;1-37(2,3)25-13-10-14-27(17-25)40-31-16-8-6-4-5-7-12-26-19-38(26,35(45)46)20-33(43)32-18-28(22-42(32)34(31)44)48-36(47)41-21-24-11-9-15-30(39)29(24)23-41;;/h9,11-17,19,28,30,33-34,42H,5-8,10,18,20-25H2,1-4H3;7,9-15,17,26,28,31-32,40H,4-6,8,16,18-23H2,1-3H3,(H,45,46);;1H2/q;;+1;/p-1/b14-9-;12-7-;;/t28-,30-,33+,34+,40-;26-,28-,31+,32+,38-;;/m11../s1. The van der Waals surface area contributed by atoms with Gasteiger partial charge in [0.2, 0.25) is 11.8 Å².